The molecule has 4 atom stereocenters. The van der Waals surface area contributed by atoms with Gasteiger partial charge in [0.25, 0.3) is 0 Å². The van der Waals surface area contributed by atoms with Crippen molar-refractivity contribution in [1.82, 2.24) is 0 Å². The van der Waals surface area contributed by atoms with Gasteiger partial charge in [-0.15, -0.1) is 0 Å². The molecule has 6 nitrogen and oxygen atoms in total. The van der Waals surface area contributed by atoms with Crippen molar-refractivity contribution in [3.8, 4) is 5.75 Å². The number of imide groups is 1. The summed E-state index contributed by atoms with van der Waals surface area (Å²) in [5.41, 5.74) is 2.98. The van der Waals surface area contributed by atoms with Crippen molar-refractivity contribution >= 4 is 45.0 Å². The zero-order chi connectivity index (χ0) is 25.3. The van der Waals surface area contributed by atoms with Gasteiger partial charge >= 0.3 is 0 Å². The van der Waals surface area contributed by atoms with E-state index >= 15 is 0 Å². The van der Waals surface area contributed by atoms with E-state index in [1.54, 1.807) is 55.5 Å². The number of fused-ring (bicyclic) bond motifs is 3. The van der Waals surface area contributed by atoms with Crippen LogP contribution in [0, 0.1) is 17.8 Å². The lowest BCUT2D eigenvalue weighted by atomic mass is 9.59. The molecule has 0 spiro atoms. The second-order valence-electron chi connectivity index (χ2n) is 9.78. The van der Waals surface area contributed by atoms with Crippen LogP contribution in [0.1, 0.15) is 31.2 Å². The Hall–Kier alpha value is -3.58. The van der Waals surface area contributed by atoms with Crippen LogP contribution in [0.5, 0.6) is 5.75 Å². The molecule has 4 unspecified atom stereocenters. The third-order valence-electron chi connectivity index (χ3n) is 7.90. The second kappa shape index (κ2) is 8.23. The highest BCUT2D eigenvalue weighted by Gasteiger charge is 2.56. The number of hydrogen-bond acceptors (Lipinski definition) is 5. The highest BCUT2D eigenvalue weighted by molar-refractivity contribution is 9.10. The van der Waals surface area contributed by atoms with Gasteiger partial charge in [0.2, 0.25) is 11.8 Å². The van der Waals surface area contributed by atoms with Crippen LogP contribution in [0.3, 0.4) is 0 Å². The number of amides is 2. The molecule has 2 amide bonds. The standard InChI is InChI=1S/C29H22BrNO5/c1-14-12-23(33)21-13-20-17(24(26(21)27(14)34)18-4-2-3-5-22(18)32)10-11-19-25(20)29(36)31(28(19)35)16-8-6-15(30)7-9-16/h2-10,12,19-20,24-25,32H,11,13H2,1H3. The molecule has 0 radical (unpaired) electrons. The van der Waals surface area contributed by atoms with Crippen molar-refractivity contribution in [1.29, 1.82) is 0 Å². The quantitative estimate of drug-likeness (QED) is 0.334. The number of phenolic OH excluding ortho intramolecular Hbond substituents is 1. The smallest absolute Gasteiger partial charge is 0.238 e. The first-order chi connectivity index (χ1) is 17.3. The maximum absolute atomic E-state index is 13.8. The molecule has 0 aromatic heterocycles. The molecule has 36 heavy (non-hydrogen) atoms. The van der Waals surface area contributed by atoms with Crippen LogP contribution in [-0.4, -0.2) is 28.5 Å². The van der Waals surface area contributed by atoms with Crippen molar-refractivity contribution in [2.45, 2.75) is 25.7 Å². The Morgan fingerprint density at radius 1 is 0.944 bits per heavy atom. The molecule has 1 heterocycles. The van der Waals surface area contributed by atoms with Crippen LogP contribution in [0.2, 0.25) is 0 Å². The lowest BCUT2D eigenvalue weighted by molar-refractivity contribution is -0.123. The Labute approximate surface area is 216 Å². The van der Waals surface area contributed by atoms with Gasteiger partial charge in [-0.25, -0.2) is 0 Å². The Bertz CT molecular complexity index is 1460. The number of phenols is 1. The summed E-state index contributed by atoms with van der Waals surface area (Å²) in [6, 6.07) is 13.8. The molecule has 2 aromatic rings. The second-order valence-corrected chi connectivity index (χ2v) is 10.7. The number of Topliss-reactive ketones (excluding diaryl/α,β-unsaturated/α-hetero) is 1. The number of nitrogens with zero attached hydrogens (tertiary/aromatic N) is 1. The highest BCUT2D eigenvalue weighted by atomic mass is 79.9. The lowest BCUT2D eigenvalue weighted by Gasteiger charge is -2.42. The number of rotatable bonds is 2. The minimum absolute atomic E-state index is 0.0239. The van der Waals surface area contributed by atoms with Gasteiger partial charge in [-0.1, -0.05) is 45.8 Å². The fourth-order valence-electron chi connectivity index (χ4n) is 6.29. The molecule has 6 rings (SSSR count). The average Bonchev–Trinajstić information content (AvgIpc) is 3.12. The maximum atomic E-state index is 13.8. The largest absolute Gasteiger partial charge is 0.508 e. The summed E-state index contributed by atoms with van der Waals surface area (Å²) in [5, 5.41) is 10.8. The first kappa shape index (κ1) is 22.9. The van der Waals surface area contributed by atoms with E-state index in [2.05, 4.69) is 15.9 Å². The van der Waals surface area contributed by atoms with Crippen molar-refractivity contribution in [3.63, 3.8) is 0 Å². The minimum atomic E-state index is -0.648. The van der Waals surface area contributed by atoms with Gasteiger partial charge in [0.1, 0.15) is 5.75 Å². The third-order valence-corrected chi connectivity index (χ3v) is 8.43. The summed E-state index contributed by atoms with van der Waals surface area (Å²) in [7, 11) is 0. The van der Waals surface area contributed by atoms with Crippen LogP contribution in [0.4, 0.5) is 5.69 Å². The van der Waals surface area contributed by atoms with E-state index in [0.29, 0.717) is 34.4 Å². The molecule has 1 saturated heterocycles. The number of halogens is 1. The highest BCUT2D eigenvalue weighted by Crippen LogP contribution is 2.56. The summed E-state index contributed by atoms with van der Waals surface area (Å²) in [6.07, 6.45) is 3.88. The van der Waals surface area contributed by atoms with Gasteiger partial charge in [0.05, 0.1) is 17.5 Å². The maximum Gasteiger partial charge on any atom is 0.238 e. The Morgan fingerprint density at radius 3 is 2.39 bits per heavy atom. The predicted molar refractivity (Wildman–Crippen MR) is 136 cm³/mol. The Balaban J connectivity index is 1.49. The van der Waals surface area contributed by atoms with E-state index in [-0.39, 0.29) is 35.6 Å². The normalized spacial score (nSPS) is 27.4. The first-order valence-corrected chi connectivity index (χ1v) is 12.7. The molecule has 7 heteroatoms. The average molecular weight is 544 g/mol. The number of carbonyl (C=O) groups excluding carboxylic acids is 4. The molecule has 1 aliphatic heterocycles. The lowest BCUT2D eigenvalue weighted by Crippen LogP contribution is -2.39. The third kappa shape index (κ3) is 3.22. The number of benzene rings is 2. The molecular formula is C29H22BrNO5. The molecule has 2 aromatic carbocycles. The monoisotopic (exact) mass is 543 g/mol. The Kier molecular flexibility index (Phi) is 5.23. The van der Waals surface area contributed by atoms with Gasteiger partial charge in [-0.2, -0.15) is 0 Å². The van der Waals surface area contributed by atoms with Crippen LogP contribution in [0.15, 0.2) is 87.4 Å². The number of anilines is 1. The molecule has 4 aliphatic rings. The summed E-state index contributed by atoms with van der Waals surface area (Å²) in [4.78, 5) is 55.0. The summed E-state index contributed by atoms with van der Waals surface area (Å²) in [5.74, 6) is -3.22. The SMILES string of the molecule is CC1=CC(=O)C2=C(C1=O)C(c1ccccc1O)C1=CCC3C(=O)N(c4ccc(Br)cc4)C(=O)C3C1C2. The van der Waals surface area contributed by atoms with E-state index in [1.807, 2.05) is 6.08 Å². The number of ketones is 2. The molecule has 0 saturated carbocycles. The van der Waals surface area contributed by atoms with Crippen molar-refractivity contribution < 1.29 is 24.3 Å². The number of carbonyl (C=O) groups is 4. The van der Waals surface area contributed by atoms with Gasteiger partial charge in [0, 0.05) is 32.7 Å². The van der Waals surface area contributed by atoms with Crippen LogP contribution in [-0.2, 0) is 19.2 Å². The number of allylic oxidation sites excluding steroid dienone is 6. The van der Waals surface area contributed by atoms with E-state index in [0.717, 1.165) is 10.0 Å². The van der Waals surface area contributed by atoms with Gasteiger partial charge in [0.15, 0.2) is 11.6 Å². The summed E-state index contributed by atoms with van der Waals surface area (Å²) < 4.78 is 0.841. The summed E-state index contributed by atoms with van der Waals surface area (Å²) >= 11 is 3.39. The molecule has 3 aliphatic carbocycles. The zero-order valence-electron chi connectivity index (χ0n) is 19.4. The van der Waals surface area contributed by atoms with E-state index < -0.39 is 23.7 Å². The number of aromatic hydroxyl groups is 1. The predicted octanol–water partition coefficient (Wildman–Crippen LogP) is 4.79. The van der Waals surface area contributed by atoms with E-state index in [1.165, 1.54) is 11.0 Å². The number of para-hydroxylation sites is 1. The van der Waals surface area contributed by atoms with Gasteiger partial charge in [-0.3, -0.25) is 24.1 Å². The number of hydrogen-bond donors (Lipinski definition) is 1. The van der Waals surface area contributed by atoms with E-state index in [4.69, 9.17) is 0 Å². The topological polar surface area (TPSA) is 91.8 Å². The first-order valence-electron chi connectivity index (χ1n) is 11.9. The van der Waals surface area contributed by atoms with Crippen LogP contribution >= 0.6 is 15.9 Å². The van der Waals surface area contributed by atoms with Crippen molar-refractivity contribution in [2.75, 3.05) is 4.90 Å². The molecule has 0 bridgehead atoms. The fourth-order valence-corrected chi connectivity index (χ4v) is 6.56. The van der Waals surface area contributed by atoms with Crippen molar-refractivity contribution in [3.05, 3.63) is 93.0 Å². The zero-order valence-corrected chi connectivity index (χ0v) is 21.0. The molecule has 180 valence electrons. The Morgan fingerprint density at radius 2 is 1.67 bits per heavy atom. The van der Waals surface area contributed by atoms with Crippen LogP contribution in [0.25, 0.3) is 0 Å². The van der Waals surface area contributed by atoms with Crippen LogP contribution < -0.4 is 4.90 Å². The molecule has 1 fully saturated rings. The molecular weight excluding hydrogens is 522 g/mol. The van der Waals surface area contributed by atoms with Gasteiger partial charge in [-0.05, 0) is 62.1 Å². The van der Waals surface area contributed by atoms with Crippen molar-refractivity contribution in [2.24, 2.45) is 17.8 Å². The minimum Gasteiger partial charge on any atom is -0.508 e. The summed E-state index contributed by atoms with van der Waals surface area (Å²) in [6.45, 7) is 1.62. The van der Waals surface area contributed by atoms with Gasteiger partial charge < -0.3 is 5.11 Å². The van der Waals surface area contributed by atoms with E-state index in [9.17, 15) is 24.3 Å². The molecule has 1 N–H and O–H groups in total. The fraction of sp³-hybridized carbons (Fsp3) is 0.241.